The molecule has 0 amide bonds. The number of rotatable bonds is 2. The summed E-state index contributed by atoms with van der Waals surface area (Å²) in [6.45, 7) is 10.9. The highest BCUT2D eigenvalue weighted by Crippen LogP contribution is 2.41. The van der Waals surface area contributed by atoms with Gasteiger partial charge in [0.2, 0.25) is 0 Å². The molecule has 1 aliphatic carbocycles. The molecule has 1 saturated carbocycles. The van der Waals surface area contributed by atoms with E-state index < -0.39 is 0 Å². The molecular weight excluding hydrogens is 182 g/mol. The number of nitrogens with zero attached hydrogens (tertiary/aromatic N) is 1. The van der Waals surface area contributed by atoms with Gasteiger partial charge in [-0.2, -0.15) is 0 Å². The molecule has 88 valence electrons. The first-order valence-corrected chi connectivity index (χ1v) is 6.85. The van der Waals surface area contributed by atoms with Gasteiger partial charge in [0, 0.05) is 18.6 Å². The molecule has 1 heterocycles. The van der Waals surface area contributed by atoms with E-state index in [1.807, 2.05) is 0 Å². The molecule has 0 N–H and O–H groups in total. The van der Waals surface area contributed by atoms with Crippen molar-refractivity contribution in [1.82, 2.24) is 4.90 Å². The SMILES string of the molecule is CC(C)C1CN(C(C)C)C2CCCC1C2. The molecule has 2 rings (SSSR count). The van der Waals surface area contributed by atoms with E-state index in [-0.39, 0.29) is 0 Å². The van der Waals surface area contributed by atoms with Crippen molar-refractivity contribution in [2.45, 2.75) is 65.5 Å². The third-order valence-corrected chi connectivity index (χ3v) is 4.70. The Morgan fingerprint density at radius 2 is 1.80 bits per heavy atom. The molecule has 2 aliphatic rings. The van der Waals surface area contributed by atoms with Gasteiger partial charge in [-0.25, -0.2) is 0 Å². The standard InChI is InChI=1S/C14H27N/c1-10(2)14-9-15(11(3)4)13-7-5-6-12(14)8-13/h10-14H,5-9H2,1-4H3. The van der Waals surface area contributed by atoms with E-state index >= 15 is 0 Å². The zero-order valence-corrected chi connectivity index (χ0v) is 10.9. The van der Waals surface area contributed by atoms with E-state index in [0.29, 0.717) is 0 Å². The molecule has 1 nitrogen and oxygen atoms in total. The quantitative estimate of drug-likeness (QED) is 0.672. The van der Waals surface area contributed by atoms with Gasteiger partial charge in [-0.1, -0.05) is 26.7 Å². The maximum absolute atomic E-state index is 2.78. The fourth-order valence-electron chi connectivity index (χ4n) is 3.82. The molecule has 0 spiro atoms. The number of fused-ring (bicyclic) bond motifs is 2. The van der Waals surface area contributed by atoms with Gasteiger partial charge >= 0.3 is 0 Å². The summed E-state index contributed by atoms with van der Waals surface area (Å²) >= 11 is 0. The second-order valence-electron chi connectivity index (χ2n) is 6.28. The van der Waals surface area contributed by atoms with Crippen LogP contribution < -0.4 is 0 Å². The van der Waals surface area contributed by atoms with Crippen molar-refractivity contribution in [2.24, 2.45) is 17.8 Å². The lowest BCUT2D eigenvalue weighted by molar-refractivity contribution is -0.00947. The topological polar surface area (TPSA) is 3.24 Å². The van der Waals surface area contributed by atoms with Gasteiger partial charge in [0.1, 0.15) is 0 Å². The summed E-state index contributed by atoms with van der Waals surface area (Å²) in [4.78, 5) is 2.78. The summed E-state index contributed by atoms with van der Waals surface area (Å²) in [5.74, 6) is 2.87. The molecule has 2 fully saturated rings. The summed E-state index contributed by atoms with van der Waals surface area (Å²) in [5, 5.41) is 0. The summed E-state index contributed by atoms with van der Waals surface area (Å²) < 4.78 is 0. The molecule has 0 aromatic heterocycles. The largest absolute Gasteiger partial charge is 0.298 e. The number of hydrogen-bond acceptors (Lipinski definition) is 1. The van der Waals surface area contributed by atoms with Crippen LogP contribution in [0.25, 0.3) is 0 Å². The lowest BCUT2D eigenvalue weighted by Gasteiger charge is -2.50. The Morgan fingerprint density at radius 1 is 1.07 bits per heavy atom. The van der Waals surface area contributed by atoms with E-state index in [9.17, 15) is 0 Å². The third kappa shape index (κ3) is 2.22. The average molecular weight is 209 g/mol. The van der Waals surface area contributed by atoms with Gasteiger partial charge in [0.25, 0.3) is 0 Å². The normalized spacial score (nSPS) is 37.6. The molecule has 3 unspecified atom stereocenters. The Hall–Kier alpha value is -0.0400. The first-order chi connectivity index (χ1) is 7.09. The predicted octanol–water partition coefficient (Wildman–Crippen LogP) is 3.54. The Morgan fingerprint density at radius 3 is 2.40 bits per heavy atom. The average Bonchev–Trinajstić information content (AvgIpc) is 2.17. The molecule has 2 bridgehead atoms. The van der Waals surface area contributed by atoms with Crippen LogP contribution in [-0.2, 0) is 0 Å². The van der Waals surface area contributed by atoms with Crippen LogP contribution in [0.2, 0.25) is 0 Å². The summed E-state index contributed by atoms with van der Waals surface area (Å²) in [7, 11) is 0. The number of hydrogen-bond donors (Lipinski definition) is 0. The lowest BCUT2D eigenvalue weighted by atomic mass is 9.69. The molecule has 0 radical (unpaired) electrons. The van der Waals surface area contributed by atoms with Crippen LogP contribution >= 0.6 is 0 Å². The van der Waals surface area contributed by atoms with Crippen LogP contribution in [0.3, 0.4) is 0 Å². The molecule has 3 atom stereocenters. The van der Waals surface area contributed by atoms with E-state index in [1.165, 1.54) is 32.2 Å². The third-order valence-electron chi connectivity index (χ3n) is 4.70. The van der Waals surface area contributed by atoms with Crippen LogP contribution in [-0.4, -0.2) is 23.5 Å². The minimum absolute atomic E-state index is 0.746. The minimum atomic E-state index is 0.746. The monoisotopic (exact) mass is 209 g/mol. The number of piperidine rings is 1. The van der Waals surface area contributed by atoms with Gasteiger partial charge in [0.05, 0.1) is 0 Å². The van der Waals surface area contributed by atoms with Crippen molar-refractivity contribution in [3.05, 3.63) is 0 Å². The Bertz CT molecular complexity index is 189. The lowest BCUT2D eigenvalue weighted by Crippen LogP contribution is -2.53. The van der Waals surface area contributed by atoms with Crippen molar-refractivity contribution in [3.63, 3.8) is 0 Å². The molecule has 0 aromatic carbocycles. The van der Waals surface area contributed by atoms with Crippen LogP contribution in [0.4, 0.5) is 0 Å². The summed E-state index contributed by atoms with van der Waals surface area (Å²) in [5.41, 5.74) is 0. The maximum Gasteiger partial charge on any atom is 0.0101 e. The van der Waals surface area contributed by atoms with Gasteiger partial charge in [-0.05, 0) is 44.4 Å². The van der Waals surface area contributed by atoms with E-state index in [1.54, 1.807) is 0 Å². The van der Waals surface area contributed by atoms with E-state index in [0.717, 1.165) is 29.8 Å². The van der Waals surface area contributed by atoms with Crippen molar-refractivity contribution < 1.29 is 0 Å². The summed E-state index contributed by atoms with van der Waals surface area (Å²) in [6, 6.07) is 1.66. The van der Waals surface area contributed by atoms with E-state index in [4.69, 9.17) is 0 Å². The van der Waals surface area contributed by atoms with Gasteiger partial charge < -0.3 is 0 Å². The minimum Gasteiger partial charge on any atom is -0.298 e. The second-order valence-corrected chi connectivity index (χ2v) is 6.28. The predicted molar refractivity (Wildman–Crippen MR) is 65.9 cm³/mol. The maximum atomic E-state index is 2.78. The Kier molecular flexibility index (Phi) is 3.39. The van der Waals surface area contributed by atoms with Crippen LogP contribution in [0.5, 0.6) is 0 Å². The molecule has 1 aliphatic heterocycles. The Balaban J connectivity index is 2.10. The van der Waals surface area contributed by atoms with Crippen molar-refractivity contribution in [1.29, 1.82) is 0 Å². The number of likely N-dealkylation sites (tertiary alicyclic amines) is 1. The van der Waals surface area contributed by atoms with Crippen molar-refractivity contribution >= 4 is 0 Å². The zero-order valence-electron chi connectivity index (χ0n) is 10.9. The molecule has 1 heteroatoms. The van der Waals surface area contributed by atoms with Crippen LogP contribution in [0, 0.1) is 17.8 Å². The second kappa shape index (κ2) is 4.45. The van der Waals surface area contributed by atoms with Gasteiger partial charge in [0.15, 0.2) is 0 Å². The fraction of sp³-hybridized carbons (Fsp3) is 1.00. The van der Waals surface area contributed by atoms with Crippen molar-refractivity contribution in [2.75, 3.05) is 6.54 Å². The zero-order chi connectivity index (χ0) is 11.0. The Labute approximate surface area is 95.2 Å². The smallest absolute Gasteiger partial charge is 0.0101 e. The first kappa shape index (κ1) is 11.4. The van der Waals surface area contributed by atoms with Crippen LogP contribution in [0.1, 0.15) is 53.4 Å². The highest BCUT2D eigenvalue weighted by atomic mass is 15.2. The highest BCUT2D eigenvalue weighted by Gasteiger charge is 2.39. The van der Waals surface area contributed by atoms with Gasteiger partial charge in [-0.3, -0.25) is 4.90 Å². The molecular formula is C14H27N. The fourth-order valence-corrected chi connectivity index (χ4v) is 3.82. The summed E-state index contributed by atoms with van der Waals surface area (Å²) in [6.07, 6.45) is 5.92. The van der Waals surface area contributed by atoms with Crippen LogP contribution in [0.15, 0.2) is 0 Å². The molecule has 0 aromatic rings. The highest BCUT2D eigenvalue weighted by molar-refractivity contribution is 4.92. The molecule has 1 saturated heterocycles. The van der Waals surface area contributed by atoms with Crippen molar-refractivity contribution in [3.8, 4) is 0 Å². The van der Waals surface area contributed by atoms with Gasteiger partial charge in [-0.15, -0.1) is 0 Å². The molecule has 15 heavy (non-hydrogen) atoms. The van der Waals surface area contributed by atoms with E-state index in [2.05, 4.69) is 32.6 Å². The first-order valence-electron chi connectivity index (χ1n) is 6.85.